The highest BCUT2D eigenvalue weighted by molar-refractivity contribution is 7.89. The summed E-state index contributed by atoms with van der Waals surface area (Å²) in [4.78, 5) is 7.41. The van der Waals surface area contributed by atoms with Crippen LogP contribution in [0.25, 0.3) is 16.8 Å². The van der Waals surface area contributed by atoms with Crippen molar-refractivity contribution < 1.29 is 8.42 Å². The number of sulfonamides is 1. The number of hydrogen-bond acceptors (Lipinski definition) is 5. The van der Waals surface area contributed by atoms with Crippen LogP contribution in [-0.4, -0.2) is 56.1 Å². The molecule has 4 heterocycles. The number of rotatable bonds is 4. The van der Waals surface area contributed by atoms with E-state index >= 15 is 0 Å². The number of piperidine rings is 1. The van der Waals surface area contributed by atoms with Gasteiger partial charge in [0.1, 0.15) is 5.82 Å². The number of H-pyrrole nitrogens is 1. The Bertz CT molecular complexity index is 976. The second-order valence-electron chi connectivity index (χ2n) is 6.23. The average Bonchev–Trinajstić information content (AvgIpc) is 3.21. The SMILES string of the molecule is CCCS(=O)(=O)N1CCC[C@H](c2nnc3cnc4[nH]ccc4n23)C1. The van der Waals surface area contributed by atoms with E-state index in [4.69, 9.17) is 0 Å². The first kappa shape index (κ1) is 15.5. The highest BCUT2D eigenvalue weighted by Gasteiger charge is 2.31. The molecule has 8 nitrogen and oxygen atoms in total. The molecule has 0 aromatic carbocycles. The van der Waals surface area contributed by atoms with Crippen molar-refractivity contribution in [2.45, 2.75) is 32.1 Å². The van der Waals surface area contributed by atoms with Crippen molar-refractivity contribution in [1.29, 1.82) is 0 Å². The molecule has 3 aromatic heterocycles. The molecule has 1 N–H and O–H groups in total. The van der Waals surface area contributed by atoms with Crippen LogP contribution < -0.4 is 0 Å². The first-order valence-electron chi connectivity index (χ1n) is 8.25. The highest BCUT2D eigenvalue weighted by Crippen LogP contribution is 2.29. The van der Waals surface area contributed by atoms with Gasteiger partial charge in [0.25, 0.3) is 0 Å². The Morgan fingerprint density at radius 1 is 1.38 bits per heavy atom. The van der Waals surface area contributed by atoms with Crippen LogP contribution in [0.4, 0.5) is 0 Å². The standard InChI is InChI=1S/C15H20N6O2S/c1-2-8-24(22,23)20-7-3-4-11(10-20)15-19-18-13-9-17-14-12(21(13)15)5-6-16-14/h5-6,9,11,16H,2-4,7-8,10H2,1H3/t11-/m0/s1. The quantitative estimate of drug-likeness (QED) is 0.771. The minimum atomic E-state index is -3.18. The summed E-state index contributed by atoms with van der Waals surface area (Å²) < 4.78 is 28.4. The lowest BCUT2D eigenvalue weighted by Crippen LogP contribution is -2.40. The van der Waals surface area contributed by atoms with Crippen LogP contribution in [0.2, 0.25) is 0 Å². The molecule has 3 aromatic rings. The van der Waals surface area contributed by atoms with Gasteiger partial charge in [-0.25, -0.2) is 17.7 Å². The van der Waals surface area contributed by atoms with Gasteiger partial charge < -0.3 is 4.98 Å². The Hall–Kier alpha value is -2.00. The minimum absolute atomic E-state index is 0.0425. The van der Waals surface area contributed by atoms with Gasteiger partial charge in [0, 0.05) is 25.2 Å². The molecule has 0 saturated carbocycles. The van der Waals surface area contributed by atoms with Gasteiger partial charge in [0.2, 0.25) is 10.0 Å². The maximum absolute atomic E-state index is 12.4. The smallest absolute Gasteiger partial charge is 0.214 e. The monoisotopic (exact) mass is 348 g/mol. The number of aromatic amines is 1. The van der Waals surface area contributed by atoms with Crippen LogP contribution >= 0.6 is 0 Å². The predicted molar refractivity (Wildman–Crippen MR) is 90.3 cm³/mol. The molecule has 128 valence electrons. The average molecular weight is 348 g/mol. The fraction of sp³-hybridized carbons (Fsp3) is 0.533. The van der Waals surface area contributed by atoms with E-state index in [0.29, 0.717) is 25.2 Å². The van der Waals surface area contributed by atoms with Crippen molar-refractivity contribution in [3.8, 4) is 0 Å². The Kier molecular flexibility index (Phi) is 3.76. The van der Waals surface area contributed by atoms with Gasteiger partial charge in [-0.3, -0.25) is 4.40 Å². The molecule has 1 fully saturated rings. The van der Waals surface area contributed by atoms with Crippen LogP contribution in [0.15, 0.2) is 18.5 Å². The normalized spacial score (nSPS) is 20.1. The summed E-state index contributed by atoms with van der Waals surface area (Å²) >= 11 is 0. The summed E-state index contributed by atoms with van der Waals surface area (Å²) in [5.41, 5.74) is 2.38. The molecule has 0 spiro atoms. The Morgan fingerprint density at radius 3 is 3.08 bits per heavy atom. The molecule has 1 saturated heterocycles. The minimum Gasteiger partial charge on any atom is -0.345 e. The van der Waals surface area contributed by atoms with Crippen molar-refractivity contribution in [3.05, 3.63) is 24.3 Å². The van der Waals surface area contributed by atoms with E-state index in [1.54, 1.807) is 10.5 Å². The largest absolute Gasteiger partial charge is 0.345 e. The first-order valence-corrected chi connectivity index (χ1v) is 9.86. The van der Waals surface area contributed by atoms with Crippen molar-refractivity contribution >= 4 is 26.8 Å². The van der Waals surface area contributed by atoms with Gasteiger partial charge in [-0.05, 0) is 25.3 Å². The van der Waals surface area contributed by atoms with Crippen molar-refractivity contribution in [2.24, 2.45) is 0 Å². The Labute approximate surface area is 140 Å². The van der Waals surface area contributed by atoms with Gasteiger partial charge in [-0.15, -0.1) is 10.2 Å². The van der Waals surface area contributed by atoms with Crippen molar-refractivity contribution in [1.82, 2.24) is 28.9 Å². The molecule has 24 heavy (non-hydrogen) atoms. The van der Waals surface area contributed by atoms with Gasteiger partial charge >= 0.3 is 0 Å². The molecule has 0 unspecified atom stereocenters. The molecule has 1 aliphatic rings. The number of nitrogens with one attached hydrogen (secondary N) is 1. The van der Waals surface area contributed by atoms with Crippen LogP contribution in [0.3, 0.4) is 0 Å². The summed E-state index contributed by atoms with van der Waals surface area (Å²) in [5.74, 6) is 1.06. The number of nitrogens with zero attached hydrogens (tertiary/aromatic N) is 5. The molecule has 0 bridgehead atoms. The lowest BCUT2D eigenvalue weighted by molar-refractivity contribution is 0.308. The third-order valence-electron chi connectivity index (χ3n) is 4.57. The Balaban J connectivity index is 1.73. The summed E-state index contributed by atoms with van der Waals surface area (Å²) in [7, 11) is -3.18. The maximum Gasteiger partial charge on any atom is 0.214 e. The van der Waals surface area contributed by atoms with Gasteiger partial charge in [0.15, 0.2) is 11.3 Å². The summed E-state index contributed by atoms with van der Waals surface area (Å²) in [6.45, 7) is 2.95. The zero-order valence-electron chi connectivity index (χ0n) is 13.5. The zero-order chi connectivity index (χ0) is 16.7. The van der Waals surface area contributed by atoms with Crippen LogP contribution in [-0.2, 0) is 10.0 Å². The topological polar surface area (TPSA) is 96.2 Å². The third-order valence-corrected chi connectivity index (χ3v) is 6.61. The second-order valence-corrected chi connectivity index (χ2v) is 8.32. The maximum atomic E-state index is 12.4. The molecular formula is C15H20N6O2S. The number of fused-ring (bicyclic) bond motifs is 3. The van der Waals surface area contributed by atoms with E-state index in [2.05, 4.69) is 20.2 Å². The van der Waals surface area contributed by atoms with Crippen molar-refractivity contribution in [3.63, 3.8) is 0 Å². The number of hydrogen-bond donors (Lipinski definition) is 1. The number of aromatic nitrogens is 5. The second kappa shape index (κ2) is 5.82. The zero-order valence-corrected chi connectivity index (χ0v) is 14.3. The van der Waals surface area contributed by atoms with E-state index in [-0.39, 0.29) is 11.7 Å². The summed E-state index contributed by atoms with van der Waals surface area (Å²) in [5, 5.41) is 8.56. The van der Waals surface area contributed by atoms with Gasteiger partial charge in [-0.2, -0.15) is 0 Å². The van der Waals surface area contributed by atoms with E-state index < -0.39 is 10.0 Å². The van der Waals surface area contributed by atoms with Crippen LogP contribution in [0.1, 0.15) is 37.9 Å². The van der Waals surface area contributed by atoms with E-state index in [1.807, 2.05) is 23.6 Å². The molecule has 9 heteroatoms. The predicted octanol–water partition coefficient (Wildman–Crippen LogP) is 1.52. The van der Waals surface area contributed by atoms with Crippen LogP contribution in [0, 0.1) is 0 Å². The molecule has 0 aliphatic carbocycles. The highest BCUT2D eigenvalue weighted by atomic mass is 32.2. The lowest BCUT2D eigenvalue weighted by Gasteiger charge is -2.31. The Morgan fingerprint density at radius 2 is 2.25 bits per heavy atom. The molecule has 1 aliphatic heterocycles. The molecule has 0 radical (unpaired) electrons. The molecule has 4 rings (SSSR count). The van der Waals surface area contributed by atoms with E-state index in [0.717, 1.165) is 29.8 Å². The van der Waals surface area contributed by atoms with Gasteiger partial charge in [-0.1, -0.05) is 6.92 Å². The molecule has 1 atom stereocenters. The summed E-state index contributed by atoms with van der Waals surface area (Å²) in [6, 6.07) is 1.94. The molecular weight excluding hydrogens is 328 g/mol. The van der Waals surface area contributed by atoms with Gasteiger partial charge in [0.05, 0.1) is 17.5 Å². The lowest BCUT2D eigenvalue weighted by atomic mass is 9.99. The third kappa shape index (κ3) is 2.48. The fourth-order valence-corrected chi connectivity index (χ4v) is 5.04. The summed E-state index contributed by atoms with van der Waals surface area (Å²) in [6.07, 6.45) is 5.90. The van der Waals surface area contributed by atoms with Crippen LogP contribution in [0.5, 0.6) is 0 Å². The van der Waals surface area contributed by atoms with E-state index in [1.165, 1.54) is 0 Å². The first-order chi connectivity index (χ1) is 11.6. The molecule has 0 amide bonds. The fourth-order valence-electron chi connectivity index (χ4n) is 3.46. The van der Waals surface area contributed by atoms with Crippen molar-refractivity contribution in [2.75, 3.05) is 18.8 Å². The van der Waals surface area contributed by atoms with E-state index in [9.17, 15) is 8.42 Å².